The second-order valence-electron chi connectivity index (χ2n) is 4.53. The van der Waals surface area contributed by atoms with E-state index in [-0.39, 0.29) is 21.8 Å². The number of alkyl halides is 1. The summed E-state index contributed by atoms with van der Waals surface area (Å²) in [6.07, 6.45) is 0. The lowest BCUT2D eigenvalue weighted by molar-refractivity contribution is 0.599. The van der Waals surface area contributed by atoms with Crippen LogP contribution in [0.25, 0.3) is 0 Å². The van der Waals surface area contributed by atoms with Crippen molar-refractivity contribution in [3.05, 3.63) is 0 Å². The molecule has 2 heterocycles. The summed E-state index contributed by atoms with van der Waals surface area (Å²) < 4.78 is 23.9. The highest BCUT2D eigenvalue weighted by Crippen LogP contribution is 2.57. The molecular formula is C9H14BrNO2S3. The topological polar surface area (TPSA) is 46.5 Å². The third-order valence-corrected chi connectivity index (χ3v) is 11.1. The molecule has 0 bridgehead atoms. The SMILES string of the molecule is CC(C)N=C1S[C@H]2CS(=O)(=O)C(Br)[C@@]2(C)S1. The van der Waals surface area contributed by atoms with Gasteiger partial charge in [-0.3, -0.25) is 4.99 Å². The minimum absolute atomic E-state index is 0.129. The van der Waals surface area contributed by atoms with Crippen molar-refractivity contribution >= 4 is 53.7 Å². The van der Waals surface area contributed by atoms with Crippen molar-refractivity contribution in [1.82, 2.24) is 0 Å². The maximum Gasteiger partial charge on any atom is 0.165 e. The summed E-state index contributed by atoms with van der Waals surface area (Å²) in [4.78, 5) is 4.51. The molecule has 0 amide bonds. The van der Waals surface area contributed by atoms with Crippen LogP contribution in [0.3, 0.4) is 0 Å². The molecule has 1 unspecified atom stereocenters. The number of aliphatic imine (C=N–C) groups is 1. The number of thioether (sulfide) groups is 2. The van der Waals surface area contributed by atoms with Crippen LogP contribution in [0, 0.1) is 0 Å². The van der Waals surface area contributed by atoms with Gasteiger partial charge >= 0.3 is 0 Å². The van der Waals surface area contributed by atoms with Gasteiger partial charge in [0.2, 0.25) is 0 Å². The summed E-state index contributed by atoms with van der Waals surface area (Å²) in [6, 6.07) is 0.266. The predicted molar refractivity (Wildman–Crippen MR) is 76.4 cm³/mol. The van der Waals surface area contributed by atoms with Gasteiger partial charge in [0.05, 0.1) is 10.5 Å². The van der Waals surface area contributed by atoms with Crippen LogP contribution in [0.15, 0.2) is 4.99 Å². The average Bonchev–Trinajstić information content (AvgIpc) is 2.47. The zero-order chi connectivity index (χ0) is 12.1. The first kappa shape index (κ1) is 13.2. The Hall–Kier alpha value is 0.800. The zero-order valence-electron chi connectivity index (χ0n) is 9.31. The fourth-order valence-electron chi connectivity index (χ4n) is 1.83. The van der Waals surface area contributed by atoms with Crippen molar-refractivity contribution in [2.75, 3.05) is 5.75 Å². The van der Waals surface area contributed by atoms with Crippen LogP contribution in [-0.2, 0) is 9.84 Å². The van der Waals surface area contributed by atoms with Gasteiger partial charge in [0.15, 0.2) is 9.84 Å². The average molecular weight is 344 g/mol. The Bertz CT molecular complexity index is 434. The third kappa shape index (κ3) is 2.08. The Labute approximate surface area is 113 Å². The number of halogens is 1. The molecule has 92 valence electrons. The number of hydrogen-bond donors (Lipinski definition) is 0. The Morgan fingerprint density at radius 1 is 1.56 bits per heavy atom. The van der Waals surface area contributed by atoms with E-state index in [1.54, 1.807) is 23.5 Å². The summed E-state index contributed by atoms with van der Waals surface area (Å²) in [5, 5.41) is 0.129. The first-order chi connectivity index (χ1) is 7.25. The predicted octanol–water partition coefficient (Wildman–Crippen LogP) is 2.51. The van der Waals surface area contributed by atoms with Crippen molar-refractivity contribution in [1.29, 1.82) is 0 Å². The number of sulfone groups is 1. The van der Waals surface area contributed by atoms with Gasteiger partial charge in [0, 0.05) is 11.3 Å². The second kappa shape index (κ2) is 4.17. The van der Waals surface area contributed by atoms with E-state index in [2.05, 4.69) is 20.9 Å². The summed E-state index contributed by atoms with van der Waals surface area (Å²) in [5.74, 6) is 0.258. The van der Waals surface area contributed by atoms with Crippen LogP contribution in [0.2, 0.25) is 0 Å². The largest absolute Gasteiger partial charge is 0.269 e. The molecule has 0 aromatic rings. The van der Waals surface area contributed by atoms with Crippen LogP contribution >= 0.6 is 39.5 Å². The smallest absolute Gasteiger partial charge is 0.165 e. The highest BCUT2D eigenvalue weighted by atomic mass is 79.9. The van der Waals surface area contributed by atoms with Crippen molar-refractivity contribution in [3.8, 4) is 0 Å². The molecule has 7 heteroatoms. The van der Waals surface area contributed by atoms with Gasteiger partial charge in [0.25, 0.3) is 0 Å². The lowest BCUT2D eigenvalue weighted by Gasteiger charge is -2.22. The molecule has 16 heavy (non-hydrogen) atoms. The van der Waals surface area contributed by atoms with Crippen LogP contribution in [0.1, 0.15) is 20.8 Å². The summed E-state index contributed by atoms with van der Waals surface area (Å²) in [7, 11) is -2.97. The van der Waals surface area contributed by atoms with Gasteiger partial charge < -0.3 is 0 Å². The van der Waals surface area contributed by atoms with Gasteiger partial charge in [-0.15, -0.1) is 0 Å². The minimum atomic E-state index is -2.97. The fourth-order valence-corrected chi connectivity index (χ4v) is 9.69. The monoisotopic (exact) mass is 343 g/mol. The van der Waals surface area contributed by atoms with Gasteiger partial charge in [0.1, 0.15) is 8.53 Å². The fraction of sp³-hybridized carbons (Fsp3) is 0.889. The maximum atomic E-state index is 11.8. The normalized spacial score (nSPS) is 44.2. The van der Waals surface area contributed by atoms with Crippen molar-refractivity contribution in [3.63, 3.8) is 0 Å². The quantitative estimate of drug-likeness (QED) is 0.686. The first-order valence-corrected chi connectivity index (χ1v) is 9.37. The van der Waals surface area contributed by atoms with Crippen LogP contribution in [0.5, 0.6) is 0 Å². The van der Waals surface area contributed by atoms with E-state index < -0.39 is 14.0 Å². The highest BCUT2D eigenvalue weighted by Gasteiger charge is 2.60. The number of fused-ring (bicyclic) bond motifs is 1. The lowest BCUT2D eigenvalue weighted by Crippen LogP contribution is -2.33. The molecule has 0 saturated carbocycles. The third-order valence-electron chi connectivity index (χ3n) is 2.70. The van der Waals surface area contributed by atoms with Gasteiger partial charge in [-0.2, -0.15) is 0 Å². The Morgan fingerprint density at radius 3 is 2.69 bits per heavy atom. The van der Waals surface area contributed by atoms with Crippen LogP contribution in [-0.4, -0.2) is 38.7 Å². The highest BCUT2D eigenvalue weighted by molar-refractivity contribution is 9.11. The molecule has 2 fully saturated rings. The van der Waals surface area contributed by atoms with E-state index in [0.29, 0.717) is 0 Å². The molecule has 0 aromatic carbocycles. The molecule has 3 nitrogen and oxygen atoms in total. The summed E-state index contributed by atoms with van der Waals surface area (Å²) >= 11 is 6.57. The molecule has 0 N–H and O–H groups in total. The number of hydrogen-bond acceptors (Lipinski definition) is 5. The number of nitrogens with zero attached hydrogens (tertiary/aromatic N) is 1. The van der Waals surface area contributed by atoms with Gasteiger partial charge in [-0.25, -0.2) is 8.42 Å². The molecule has 2 saturated heterocycles. The van der Waals surface area contributed by atoms with Gasteiger partial charge in [-0.05, 0) is 20.8 Å². The standard InChI is InChI=1S/C9H14BrNO2S3/c1-5(2)11-8-14-6-4-16(12,13)7(10)9(6,3)15-8/h5-7H,4H2,1-3H3/t6-,7?,9-/m0/s1. The number of rotatable bonds is 1. The Kier molecular flexibility index (Phi) is 3.45. The Morgan fingerprint density at radius 2 is 2.19 bits per heavy atom. The van der Waals surface area contributed by atoms with E-state index in [1.165, 1.54) is 0 Å². The van der Waals surface area contributed by atoms with E-state index in [1.807, 2.05) is 20.8 Å². The van der Waals surface area contributed by atoms with Crippen LogP contribution in [0.4, 0.5) is 0 Å². The van der Waals surface area contributed by atoms with Crippen LogP contribution < -0.4 is 0 Å². The summed E-state index contributed by atoms with van der Waals surface area (Å²) in [5.41, 5.74) is 0. The van der Waals surface area contributed by atoms with Crippen molar-refractivity contribution < 1.29 is 8.42 Å². The second-order valence-corrected chi connectivity index (χ2v) is 11.1. The summed E-state index contributed by atoms with van der Waals surface area (Å²) in [6.45, 7) is 6.09. The minimum Gasteiger partial charge on any atom is -0.269 e. The lowest BCUT2D eigenvalue weighted by atomic mass is 10.1. The van der Waals surface area contributed by atoms with E-state index in [4.69, 9.17) is 0 Å². The molecule has 0 aromatic heterocycles. The molecule has 3 atom stereocenters. The zero-order valence-corrected chi connectivity index (χ0v) is 13.3. The van der Waals surface area contributed by atoms with Gasteiger partial charge in [-0.1, -0.05) is 39.5 Å². The van der Waals surface area contributed by atoms with Crippen molar-refractivity contribution in [2.45, 2.75) is 41.0 Å². The molecule has 2 aliphatic rings. The molecule has 0 spiro atoms. The van der Waals surface area contributed by atoms with E-state index in [0.717, 1.165) is 4.38 Å². The van der Waals surface area contributed by atoms with Crippen molar-refractivity contribution in [2.24, 2.45) is 4.99 Å². The molecule has 0 radical (unpaired) electrons. The molecule has 2 aliphatic heterocycles. The maximum absolute atomic E-state index is 11.8. The van der Waals surface area contributed by atoms with E-state index >= 15 is 0 Å². The Balaban J connectivity index is 2.28. The molecule has 0 aliphatic carbocycles. The molecule has 2 rings (SSSR count). The van der Waals surface area contributed by atoms with E-state index in [9.17, 15) is 8.42 Å². The first-order valence-electron chi connectivity index (χ1n) is 5.05. The molecular weight excluding hydrogens is 330 g/mol.